The average molecular weight is 216 g/mol. The summed E-state index contributed by atoms with van der Waals surface area (Å²) in [7, 11) is 0. The molecule has 0 amide bonds. The molecule has 0 fully saturated rings. The average Bonchev–Trinajstić information content (AvgIpc) is 2.62. The highest BCUT2D eigenvalue weighted by atomic mass is 35.5. The van der Waals surface area contributed by atoms with Crippen LogP contribution in [-0.2, 0) is 6.54 Å². The van der Waals surface area contributed by atoms with Crippen molar-refractivity contribution in [2.45, 2.75) is 13.5 Å². The van der Waals surface area contributed by atoms with E-state index >= 15 is 0 Å². The number of hydrogen-bond donors (Lipinski definition) is 1. The maximum atomic E-state index is 5.98. The second-order valence-corrected chi connectivity index (χ2v) is 3.92. The van der Waals surface area contributed by atoms with E-state index in [4.69, 9.17) is 11.6 Å². The Labute approximate surface area is 85.4 Å². The molecule has 0 radical (unpaired) electrons. The molecule has 3 nitrogen and oxygen atoms in total. The molecular formula is C8H10ClN3S. The Hall–Kier alpha value is -0.580. The van der Waals surface area contributed by atoms with Crippen molar-refractivity contribution >= 4 is 27.9 Å². The predicted molar refractivity (Wildman–Crippen MR) is 55.5 cm³/mol. The van der Waals surface area contributed by atoms with Gasteiger partial charge in [-0.05, 0) is 6.54 Å². The van der Waals surface area contributed by atoms with E-state index in [1.54, 1.807) is 11.3 Å². The molecule has 0 saturated carbocycles. The lowest BCUT2D eigenvalue weighted by atomic mass is 10.4. The Morgan fingerprint density at radius 2 is 2.54 bits per heavy atom. The number of hydrogen-bond acceptors (Lipinski definition) is 3. The van der Waals surface area contributed by atoms with Gasteiger partial charge < -0.3 is 5.32 Å². The molecule has 0 spiro atoms. The second kappa shape index (κ2) is 3.65. The standard InChI is InChI=1S/C8H10ClN3S/c1-2-10-5-6-7(9)11-8-12(6)3-4-13-8/h3-4,10H,2,5H2,1H3. The zero-order chi connectivity index (χ0) is 9.26. The minimum absolute atomic E-state index is 0.604. The monoisotopic (exact) mass is 215 g/mol. The summed E-state index contributed by atoms with van der Waals surface area (Å²) in [6, 6.07) is 0. The molecule has 0 aliphatic carbocycles. The Bertz CT molecular complexity index is 406. The van der Waals surface area contributed by atoms with Gasteiger partial charge in [0.1, 0.15) is 0 Å². The number of halogens is 1. The van der Waals surface area contributed by atoms with Crippen LogP contribution in [0.4, 0.5) is 0 Å². The van der Waals surface area contributed by atoms with Gasteiger partial charge >= 0.3 is 0 Å². The van der Waals surface area contributed by atoms with E-state index in [0.717, 1.165) is 23.7 Å². The highest BCUT2D eigenvalue weighted by Gasteiger charge is 2.09. The van der Waals surface area contributed by atoms with Gasteiger partial charge in [-0.3, -0.25) is 4.40 Å². The molecule has 2 heterocycles. The van der Waals surface area contributed by atoms with Gasteiger partial charge in [-0.15, -0.1) is 11.3 Å². The number of imidazole rings is 1. The third-order valence-electron chi connectivity index (χ3n) is 1.85. The van der Waals surface area contributed by atoms with Gasteiger partial charge in [0.25, 0.3) is 0 Å². The smallest absolute Gasteiger partial charge is 0.195 e. The Kier molecular flexibility index (Phi) is 2.53. The van der Waals surface area contributed by atoms with E-state index in [2.05, 4.69) is 17.2 Å². The van der Waals surface area contributed by atoms with Crippen molar-refractivity contribution in [2.24, 2.45) is 0 Å². The van der Waals surface area contributed by atoms with Crippen LogP contribution in [0.2, 0.25) is 5.15 Å². The van der Waals surface area contributed by atoms with Crippen molar-refractivity contribution in [2.75, 3.05) is 6.54 Å². The first-order valence-corrected chi connectivity index (χ1v) is 5.39. The van der Waals surface area contributed by atoms with Crippen molar-refractivity contribution in [3.05, 3.63) is 22.4 Å². The van der Waals surface area contributed by atoms with Crippen LogP contribution in [0.1, 0.15) is 12.6 Å². The van der Waals surface area contributed by atoms with Crippen LogP contribution in [0, 0.1) is 0 Å². The number of nitrogens with one attached hydrogen (secondary N) is 1. The minimum atomic E-state index is 0.604. The van der Waals surface area contributed by atoms with Crippen LogP contribution >= 0.6 is 22.9 Å². The molecule has 0 aromatic carbocycles. The van der Waals surface area contributed by atoms with E-state index in [1.165, 1.54) is 0 Å². The lowest BCUT2D eigenvalue weighted by Gasteiger charge is -1.99. The Balaban J connectivity index is 2.39. The van der Waals surface area contributed by atoms with Crippen molar-refractivity contribution in [3.63, 3.8) is 0 Å². The van der Waals surface area contributed by atoms with Gasteiger partial charge in [-0.2, -0.15) is 0 Å². The summed E-state index contributed by atoms with van der Waals surface area (Å²) >= 11 is 7.57. The van der Waals surface area contributed by atoms with Gasteiger partial charge in [-0.1, -0.05) is 18.5 Å². The van der Waals surface area contributed by atoms with Gasteiger partial charge in [0.15, 0.2) is 10.1 Å². The summed E-state index contributed by atoms with van der Waals surface area (Å²) in [5.74, 6) is 0. The van der Waals surface area contributed by atoms with Crippen LogP contribution in [0.15, 0.2) is 11.6 Å². The highest BCUT2D eigenvalue weighted by Crippen LogP contribution is 2.20. The zero-order valence-corrected chi connectivity index (χ0v) is 8.82. The van der Waals surface area contributed by atoms with Crippen LogP contribution < -0.4 is 5.32 Å². The lowest BCUT2D eigenvalue weighted by molar-refractivity contribution is 0.706. The molecule has 13 heavy (non-hydrogen) atoms. The van der Waals surface area contributed by atoms with Gasteiger partial charge in [0, 0.05) is 18.1 Å². The summed E-state index contributed by atoms with van der Waals surface area (Å²) in [5.41, 5.74) is 1.04. The largest absolute Gasteiger partial charge is 0.311 e. The fourth-order valence-electron chi connectivity index (χ4n) is 1.21. The van der Waals surface area contributed by atoms with Crippen LogP contribution in [0.5, 0.6) is 0 Å². The molecule has 2 aromatic rings. The molecule has 2 aromatic heterocycles. The molecule has 1 N–H and O–H groups in total. The molecule has 0 bridgehead atoms. The highest BCUT2D eigenvalue weighted by molar-refractivity contribution is 7.15. The van der Waals surface area contributed by atoms with Crippen molar-refractivity contribution in [1.82, 2.24) is 14.7 Å². The van der Waals surface area contributed by atoms with Crippen molar-refractivity contribution in [3.8, 4) is 0 Å². The molecular weight excluding hydrogens is 206 g/mol. The first kappa shape index (κ1) is 8.99. The normalized spacial score (nSPS) is 11.2. The van der Waals surface area contributed by atoms with Gasteiger partial charge in [-0.25, -0.2) is 4.98 Å². The molecule has 5 heteroatoms. The molecule has 2 rings (SSSR count). The van der Waals surface area contributed by atoms with E-state index in [1.807, 2.05) is 16.0 Å². The van der Waals surface area contributed by atoms with Gasteiger partial charge in [0.05, 0.1) is 5.69 Å². The van der Waals surface area contributed by atoms with Crippen LogP contribution in [0.25, 0.3) is 4.96 Å². The molecule has 0 atom stereocenters. The number of nitrogens with zero attached hydrogens (tertiary/aromatic N) is 2. The van der Waals surface area contributed by atoms with Gasteiger partial charge in [0.2, 0.25) is 0 Å². The molecule has 70 valence electrons. The summed E-state index contributed by atoms with van der Waals surface area (Å²) in [6.45, 7) is 3.78. The fraction of sp³-hybridized carbons (Fsp3) is 0.375. The topological polar surface area (TPSA) is 29.3 Å². The summed E-state index contributed by atoms with van der Waals surface area (Å²) < 4.78 is 2.02. The zero-order valence-electron chi connectivity index (χ0n) is 7.25. The summed E-state index contributed by atoms with van der Waals surface area (Å²) in [4.78, 5) is 5.19. The second-order valence-electron chi connectivity index (χ2n) is 2.69. The third-order valence-corrected chi connectivity index (χ3v) is 2.91. The van der Waals surface area contributed by atoms with Crippen molar-refractivity contribution in [1.29, 1.82) is 0 Å². The molecule has 0 saturated heterocycles. The van der Waals surface area contributed by atoms with E-state index in [0.29, 0.717) is 5.15 Å². The lowest BCUT2D eigenvalue weighted by Crippen LogP contribution is -2.13. The number of aromatic nitrogens is 2. The third kappa shape index (κ3) is 1.57. The van der Waals surface area contributed by atoms with E-state index in [-0.39, 0.29) is 0 Å². The molecule has 0 aliphatic rings. The van der Waals surface area contributed by atoms with Crippen LogP contribution in [-0.4, -0.2) is 15.9 Å². The summed E-state index contributed by atoms with van der Waals surface area (Å²) in [6.07, 6.45) is 1.99. The van der Waals surface area contributed by atoms with Crippen molar-refractivity contribution < 1.29 is 0 Å². The molecule has 0 aliphatic heterocycles. The Morgan fingerprint density at radius 3 is 3.31 bits per heavy atom. The van der Waals surface area contributed by atoms with E-state index < -0.39 is 0 Å². The summed E-state index contributed by atoms with van der Waals surface area (Å²) in [5, 5.41) is 5.85. The number of rotatable bonds is 3. The number of thiazole rings is 1. The quantitative estimate of drug-likeness (QED) is 0.851. The van der Waals surface area contributed by atoms with E-state index in [9.17, 15) is 0 Å². The first-order valence-electron chi connectivity index (χ1n) is 4.13. The van der Waals surface area contributed by atoms with Crippen LogP contribution in [0.3, 0.4) is 0 Å². The SMILES string of the molecule is CCNCc1c(Cl)nc2sccn12. The minimum Gasteiger partial charge on any atom is -0.311 e. The fourth-order valence-corrected chi connectivity index (χ4v) is 2.23. The Morgan fingerprint density at radius 1 is 1.69 bits per heavy atom. The maximum absolute atomic E-state index is 5.98. The first-order chi connectivity index (χ1) is 6.33. The molecule has 0 unspecified atom stereocenters. The predicted octanol–water partition coefficient (Wildman–Crippen LogP) is 2.16. The number of fused-ring (bicyclic) bond motifs is 1. The maximum Gasteiger partial charge on any atom is 0.195 e.